The molecule has 2 rings (SSSR count). The summed E-state index contributed by atoms with van der Waals surface area (Å²) in [6.45, 7) is 0. The molecule has 0 saturated carbocycles. The fraction of sp³-hybridized carbons (Fsp3) is 0. The monoisotopic (exact) mass is 364 g/mol. The van der Waals surface area contributed by atoms with E-state index in [-0.39, 0.29) is 10.3 Å². The van der Waals surface area contributed by atoms with Crippen molar-refractivity contribution in [2.24, 2.45) is 5.10 Å². The molecule has 0 bridgehead atoms. The summed E-state index contributed by atoms with van der Waals surface area (Å²) in [5.74, 6) is -0.974. The Labute approximate surface area is 142 Å². The lowest BCUT2D eigenvalue weighted by molar-refractivity contribution is -0.394. The van der Waals surface area contributed by atoms with Crippen molar-refractivity contribution in [2.75, 3.05) is 0 Å². The highest BCUT2D eigenvalue weighted by atomic mass is 32.1. The molecule has 1 amide bonds. The lowest BCUT2D eigenvalue weighted by atomic mass is 10.1. The van der Waals surface area contributed by atoms with Gasteiger partial charge in [-0.2, -0.15) is 5.10 Å². The van der Waals surface area contributed by atoms with E-state index in [1.807, 2.05) is 5.43 Å². The topological polar surface area (TPSA) is 176 Å². The van der Waals surface area contributed by atoms with E-state index >= 15 is 0 Å². The number of non-ortho nitro benzene ring substituents is 1. The van der Waals surface area contributed by atoms with Gasteiger partial charge in [-0.25, -0.2) is 5.43 Å². The number of aromatic amines is 2. The van der Waals surface area contributed by atoms with E-state index in [1.54, 1.807) is 0 Å². The molecule has 25 heavy (non-hydrogen) atoms. The Bertz CT molecular complexity index is 1010. The molecule has 1 aromatic carbocycles. The van der Waals surface area contributed by atoms with E-state index in [0.717, 1.165) is 18.3 Å². The first kappa shape index (κ1) is 17.6. The van der Waals surface area contributed by atoms with Crippen molar-refractivity contribution in [2.45, 2.75) is 0 Å². The number of hydrogen-bond donors (Lipinski definition) is 3. The van der Waals surface area contributed by atoms with Crippen molar-refractivity contribution >= 4 is 35.7 Å². The summed E-state index contributed by atoms with van der Waals surface area (Å²) in [5, 5.41) is 25.1. The van der Waals surface area contributed by atoms with Crippen molar-refractivity contribution in [1.29, 1.82) is 0 Å². The third-order valence-corrected chi connectivity index (χ3v) is 3.07. The molecule has 0 spiro atoms. The van der Waals surface area contributed by atoms with E-state index in [2.05, 4.69) is 15.1 Å². The maximum absolute atomic E-state index is 12.0. The second kappa shape index (κ2) is 7.22. The summed E-state index contributed by atoms with van der Waals surface area (Å²) in [7, 11) is 0. The van der Waals surface area contributed by atoms with Gasteiger partial charge in [-0.15, -0.1) is 0 Å². The Kier molecular flexibility index (Phi) is 5.09. The van der Waals surface area contributed by atoms with Crippen LogP contribution in [0.25, 0.3) is 0 Å². The van der Waals surface area contributed by atoms with E-state index in [0.29, 0.717) is 6.07 Å². The van der Waals surface area contributed by atoms with Gasteiger partial charge in [0.25, 0.3) is 22.8 Å². The standard InChI is InChI=1S/C12H8N6O6S/c19-10-6(4-13-12(25)15-10)5-14-16-11(20)8-2-1-7(17(21)22)3-9(8)18(23)24/h1-5H,(H,16,20)(H2,13,15,19,25)/b14-5-. The van der Waals surface area contributed by atoms with Gasteiger partial charge in [0.05, 0.1) is 27.7 Å². The number of nitro benzene ring substituents is 2. The van der Waals surface area contributed by atoms with Crippen LogP contribution >= 0.6 is 12.2 Å². The average molecular weight is 364 g/mol. The number of carbonyl (C=O) groups is 1. The highest BCUT2D eigenvalue weighted by Crippen LogP contribution is 2.24. The number of nitrogens with one attached hydrogen (secondary N) is 3. The quantitative estimate of drug-likeness (QED) is 0.307. The molecule has 1 aromatic heterocycles. The molecule has 0 fully saturated rings. The summed E-state index contributed by atoms with van der Waals surface area (Å²) in [6, 6.07) is 2.56. The number of benzene rings is 1. The Balaban J connectivity index is 2.24. The summed E-state index contributed by atoms with van der Waals surface area (Å²) in [4.78, 5) is 48.2. The number of amides is 1. The van der Waals surface area contributed by atoms with Crippen molar-refractivity contribution in [1.82, 2.24) is 15.4 Å². The summed E-state index contributed by atoms with van der Waals surface area (Å²) < 4.78 is 0.104. The number of rotatable bonds is 5. The molecular formula is C12H8N6O6S. The number of carbonyl (C=O) groups excluding carboxylic acids is 1. The van der Waals surface area contributed by atoms with Crippen LogP contribution in [0.2, 0.25) is 0 Å². The normalized spacial score (nSPS) is 10.6. The van der Waals surface area contributed by atoms with Gasteiger partial charge in [0, 0.05) is 12.3 Å². The number of aromatic nitrogens is 2. The van der Waals surface area contributed by atoms with E-state index < -0.39 is 38.3 Å². The van der Waals surface area contributed by atoms with Crippen molar-refractivity contribution in [3.05, 3.63) is 70.9 Å². The zero-order valence-electron chi connectivity index (χ0n) is 12.1. The smallest absolute Gasteiger partial charge is 0.289 e. The van der Waals surface area contributed by atoms with Crippen molar-refractivity contribution < 1.29 is 14.6 Å². The second-order valence-corrected chi connectivity index (χ2v) is 4.85. The van der Waals surface area contributed by atoms with Crippen LogP contribution in [-0.2, 0) is 0 Å². The van der Waals surface area contributed by atoms with Gasteiger partial charge in [-0.3, -0.25) is 34.8 Å². The summed E-state index contributed by atoms with van der Waals surface area (Å²) in [6.07, 6.45) is 2.25. The summed E-state index contributed by atoms with van der Waals surface area (Å²) in [5.41, 5.74) is -0.206. The Morgan fingerprint density at radius 3 is 2.60 bits per heavy atom. The average Bonchev–Trinajstić information content (AvgIpc) is 2.56. The zero-order valence-corrected chi connectivity index (χ0v) is 12.9. The first-order valence-corrected chi connectivity index (χ1v) is 6.78. The predicted octanol–water partition coefficient (Wildman–Crippen LogP) is 1.01. The molecule has 0 atom stereocenters. The van der Waals surface area contributed by atoms with Crippen LogP contribution in [-0.4, -0.2) is 31.9 Å². The van der Waals surface area contributed by atoms with Gasteiger partial charge in [0.2, 0.25) is 0 Å². The lowest BCUT2D eigenvalue weighted by Gasteiger charge is -2.01. The first-order chi connectivity index (χ1) is 11.8. The van der Waals surface area contributed by atoms with E-state index in [4.69, 9.17) is 12.2 Å². The van der Waals surface area contributed by atoms with Gasteiger partial charge >= 0.3 is 0 Å². The largest absolute Gasteiger partial charge is 0.338 e. The van der Waals surface area contributed by atoms with Crippen LogP contribution in [0.15, 0.2) is 34.3 Å². The Hall–Kier alpha value is -3.74. The minimum atomic E-state index is -0.974. The molecule has 12 nitrogen and oxygen atoms in total. The van der Waals surface area contributed by atoms with Crippen molar-refractivity contribution in [3.63, 3.8) is 0 Å². The minimum Gasteiger partial charge on any atom is -0.338 e. The highest BCUT2D eigenvalue weighted by molar-refractivity contribution is 7.71. The Morgan fingerprint density at radius 2 is 2.00 bits per heavy atom. The van der Waals surface area contributed by atoms with Crippen LogP contribution in [0.3, 0.4) is 0 Å². The number of nitro groups is 2. The molecular weight excluding hydrogens is 356 g/mol. The number of H-pyrrole nitrogens is 2. The van der Waals surface area contributed by atoms with Crippen LogP contribution < -0.4 is 11.0 Å². The van der Waals surface area contributed by atoms with Crippen LogP contribution in [0.5, 0.6) is 0 Å². The lowest BCUT2D eigenvalue weighted by Crippen LogP contribution is -2.20. The SMILES string of the molecule is O=C(N/N=C\c1c[nH]c(=S)[nH]c1=O)c1ccc([N+](=O)[O-])cc1[N+](=O)[O-]. The maximum atomic E-state index is 12.0. The third-order valence-electron chi connectivity index (χ3n) is 2.85. The molecule has 2 aromatic rings. The van der Waals surface area contributed by atoms with Crippen LogP contribution in [0, 0.1) is 25.0 Å². The molecule has 0 aliphatic carbocycles. The maximum Gasteiger partial charge on any atom is 0.289 e. The number of hydrogen-bond acceptors (Lipinski definition) is 8. The molecule has 0 aliphatic rings. The molecule has 3 N–H and O–H groups in total. The molecule has 0 saturated heterocycles. The van der Waals surface area contributed by atoms with E-state index in [9.17, 15) is 29.8 Å². The van der Waals surface area contributed by atoms with Gasteiger partial charge in [-0.05, 0) is 18.3 Å². The number of nitrogens with zero attached hydrogens (tertiary/aromatic N) is 3. The van der Waals surface area contributed by atoms with Gasteiger partial charge in [0.15, 0.2) is 4.77 Å². The number of hydrazone groups is 1. The third kappa shape index (κ3) is 4.17. The van der Waals surface area contributed by atoms with Gasteiger partial charge < -0.3 is 4.98 Å². The molecule has 1 heterocycles. The molecule has 13 heteroatoms. The molecule has 128 valence electrons. The van der Waals surface area contributed by atoms with E-state index in [1.165, 1.54) is 6.20 Å². The molecule has 0 unspecified atom stereocenters. The first-order valence-electron chi connectivity index (χ1n) is 6.38. The van der Waals surface area contributed by atoms with Crippen LogP contribution in [0.4, 0.5) is 11.4 Å². The summed E-state index contributed by atoms with van der Waals surface area (Å²) >= 11 is 4.71. The van der Waals surface area contributed by atoms with Gasteiger partial charge in [-0.1, -0.05) is 0 Å². The van der Waals surface area contributed by atoms with Crippen LogP contribution in [0.1, 0.15) is 15.9 Å². The van der Waals surface area contributed by atoms with Gasteiger partial charge in [0.1, 0.15) is 5.56 Å². The molecule has 0 radical (unpaired) electrons. The Morgan fingerprint density at radius 1 is 1.28 bits per heavy atom. The highest BCUT2D eigenvalue weighted by Gasteiger charge is 2.23. The zero-order chi connectivity index (χ0) is 18.6. The fourth-order valence-corrected chi connectivity index (χ4v) is 1.87. The predicted molar refractivity (Wildman–Crippen MR) is 87.1 cm³/mol. The second-order valence-electron chi connectivity index (χ2n) is 4.44. The van der Waals surface area contributed by atoms with Crippen molar-refractivity contribution in [3.8, 4) is 0 Å². The fourth-order valence-electron chi connectivity index (χ4n) is 1.71. The minimum absolute atomic E-state index is 0.0482. The molecule has 0 aliphatic heterocycles.